The number of ether oxygens (including phenoxy) is 2. The van der Waals surface area contributed by atoms with E-state index in [-0.39, 0.29) is 5.92 Å². The Morgan fingerprint density at radius 1 is 1.17 bits per heavy atom. The lowest BCUT2D eigenvalue weighted by atomic mass is 9.85. The molecule has 0 saturated carbocycles. The van der Waals surface area contributed by atoms with E-state index >= 15 is 0 Å². The van der Waals surface area contributed by atoms with Crippen LogP contribution in [-0.2, 0) is 11.2 Å². The molecule has 0 amide bonds. The first-order chi connectivity index (χ1) is 11.3. The first-order valence-corrected chi connectivity index (χ1v) is 8.74. The Balaban J connectivity index is 2.78. The molecule has 0 aliphatic heterocycles. The molecule has 0 bridgehead atoms. The number of aliphatic carboxylic acids is 1. The van der Waals surface area contributed by atoms with Crippen molar-refractivity contribution in [1.82, 2.24) is 0 Å². The van der Waals surface area contributed by atoms with Crippen molar-refractivity contribution in [1.29, 1.82) is 0 Å². The molecule has 0 radical (unpaired) electrons. The lowest BCUT2D eigenvalue weighted by Gasteiger charge is -2.25. The summed E-state index contributed by atoms with van der Waals surface area (Å²) in [7, 11) is 0. The van der Waals surface area contributed by atoms with Gasteiger partial charge in [0.25, 0.3) is 0 Å². The van der Waals surface area contributed by atoms with Crippen LogP contribution in [0.4, 0.5) is 0 Å². The molecule has 0 aliphatic carbocycles. The number of carboxylic acids is 1. The highest BCUT2D eigenvalue weighted by atomic mass is 16.5. The minimum absolute atomic E-state index is 0.266. The van der Waals surface area contributed by atoms with E-state index < -0.39 is 11.5 Å². The number of aryl methyl sites for hydroxylation is 1. The number of rotatable bonds is 11. The standard InChI is InChI=1S/C19H31NO4/c1-5-14(13-19(4,20)18(21)22)8-9-15-10-16(23-6-2)12-17(11-15)24-7-3/h10-12,14H,5-9,13,20H2,1-4H3,(H,21,22). The van der Waals surface area contributed by atoms with E-state index in [1.165, 1.54) is 0 Å². The van der Waals surface area contributed by atoms with Crippen LogP contribution in [0.15, 0.2) is 18.2 Å². The van der Waals surface area contributed by atoms with Crippen molar-refractivity contribution in [2.45, 2.75) is 58.9 Å². The lowest BCUT2D eigenvalue weighted by Crippen LogP contribution is -2.46. The van der Waals surface area contributed by atoms with Gasteiger partial charge in [-0.2, -0.15) is 0 Å². The van der Waals surface area contributed by atoms with Crippen LogP contribution >= 0.6 is 0 Å². The van der Waals surface area contributed by atoms with Crippen molar-refractivity contribution in [2.75, 3.05) is 13.2 Å². The molecule has 136 valence electrons. The molecule has 1 aromatic rings. The molecule has 2 unspecified atom stereocenters. The van der Waals surface area contributed by atoms with Gasteiger partial charge >= 0.3 is 5.97 Å². The summed E-state index contributed by atoms with van der Waals surface area (Å²) in [5.74, 6) is 0.932. The Labute approximate surface area is 145 Å². The third-order valence-corrected chi connectivity index (χ3v) is 4.18. The summed E-state index contributed by atoms with van der Waals surface area (Å²) in [5, 5.41) is 9.20. The largest absolute Gasteiger partial charge is 0.494 e. The fraction of sp³-hybridized carbons (Fsp3) is 0.632. The molecule has 0 aromatic heterocycles. The van der Waals surface area contributed by atoms with Gasteiger partial charge in [0.05, 0.1) is 13.2 Å². The number of hydrogen-bond acceptors (Lipinski definition) is 4. The molecule has 1 aromatic carbocycles. The van der Waals surface area contributed by atoms with Gasteiger partial charge in [-0.1, -0.05) is 13.3 Å². The zero-order valence-corrected chi connectivity index (χ0v) is 15.3. The van der Waals surface area contributed by atoms with Gasteiger partial charge in [0.2, 0.25) is 0 Å². The third-order valence-electron chi connectivity index (χ3n) is 4.18. The van der Waals surface area contributed by atoms with Crippen LogP contribution in [0, 0.1) is 5.92 Å². The molecular formula is C19H31NO4. The molecule has 5 nitrogen and oxygen atoms in total. The van der Waals surface area contributed by atoms with E-state index in [1.54, 1.807) is 6.92 Å². The third kappa shape index (κ3) is 6.40. The van der Waals surface area contributed by atoms with E-state index in [0.717, 1.165) is 36.3 Å². The maximum atomic E-state index is 11.2. The van der Waals surface area contributed by atoms with E-state index in [4.69, 9.17) is 15.2 Å². The summed E-state index contributed by atoms with van der Waals surface area (Å²) in [5.41, 5.74) is 5.85. The minimum Gasteiger partial charge on any atom is -0.494 e. The topological polar surface area (TPSA) is 81.8 Å². The Hall–Kier alpha value is -1.75. The van der Waals surface area contributed by atoms with Gasteiger partial charge < -0.3 is 20.3 Å². The number of hydrogen-bond donors (Lipinski definition) is 2. The summed E-state index contributed by atoms with van der Waals surface area (Å²) in [4.78, 5) is 11.2. The fourth-order valence-corrected chi connectivity index (χ4v) is 2.78. The molecule has 1 rings (SSSR count). The molecule has 3 N–H and O–H groups in total. The predicted octanol–water partition coefficient (Wildman–Crippen LogP) is 3.63. The Kier molecular flexibility index (Phi) is 8.05. The van der Waals surface area contributed by atoms with Crippen LogP contribution in [-0.4, -0.2) is 29.8 Å². The molecule has 0 heterocycles. The summed E-state index contributed by atoms with van der Waals surface area (Å²) in [6.45, 7) is 8.78. The Bertz CT molecular complexity index is 504. The van der Waals surface area contributed by atoms with Crippen molar-refractivity contribution in [2.24, 2.45) is 11.7 Å². The van der Waals surface area contributed by atoms with Crippen LogP contribution in [0.5, 0.6) is 11.5 Å². The summed E-state index contributed by atoms with van der Waals surface area (Å²) >= 11 is 0. The van der Waals surface area contributed by atoms with E-state index in [9.17, 15) is 9.90 Å². The second-order valence-corrected chi connectivity index (χ2v) is 6.42. The van der Waals surface area contributed by atoms with Gasteiger partial charge in [0, 0.05) is 6.07 Å². The highest BCUT2D eigenvalue weighted by Gasteiger charge is 2.30. The predicted molar refractivity (Wildman–Crippen MR) is 95.7 cm³/mol. The van der Waals surface area contributed by atoms with Gasteiger partial charge in [-0.3, -0.25) is 4.79 Å². The van der Waals surface area contributed by atoms with Crippen LogP contribution in [0.1, 0.15) is 52.5 Å². The van der Waals surface area contributed by atoms with Gasteiger partial charge in [-0.05, 0) is 63.6 Å². The normalized spacial score (nSPS) is 14.7. The number of nitrogens with two attached hydrogens (primary N) is 1. The van der Waals surface area contributed by atoms with Crippen molar-refractivity contribution in [3.05, 3.63) is 23.8 Å². The lowest BCUT2D eigenvalue weighted by molar-refractivity contribution is -0.143. The monoisotopic (exact) mass is 337 g/mol. The minimum atomic E-state index is -1.18. The molecule has 2 atom stereocenters. The van der Waals surface area contributed by atoms with E-state index in [1.807, 2.05) is 32.0 Å². The maximum Gasteiger partial charge on any atom is 0.323 e. The SMILES string of the molecule is CCOc1cc(CCC(CC)CC(C)(N)C(=O)O)cc(OCC)c1. The van der Waals surface area contributed by atoms with Gasteiger partial charge in [-0.15, -0.1) is 0 Å². The fourth-order valence-electron chi connectivity index (χ4n) is 2.78. The molecular weight excluding hydrogens is 306 g/mol. The van der Waals surface area contributed by atoms with Crippen molar-refractivity contribution in [3.8, 4) is 11.5 Å². The quantitative estimate of drug-likeness (QED) is 0.644. The highest BCUT2D eigenvalue weighted by molar-refractivity contribution is 5.77. The smallest absolute Gasteiger partial charge is 0.323 e. The van der Waals surface area contributed by atoms with Crippen molar-refractivity contribution >= 4 is 5.97 Å². The molecule has 5 heteroatoms. The molecule has 0 aliphatic rings. The van der Waals surface area contributed by atoms with Crippen molar-refractivity contribution < 1.29 is 19.4 Å². The Morgan fingerprint density at radius 2 is 1.71 bits per heavy atom. The second-order valence-electron chi connectivity index (χ2n) is 6.42. The van der Waals surface area contributed by atoms with Gasteiger partial charge in [0.15, 0.2) is 0 Å². The highest BCUT2D eigenvalue weighted by Crippen LogP contribution is 2.27. The van der Waals surface area contributed by atoms with E-state index in [0.29, 0.717) is 19.6 Å². The van der Waals surface area contributed by atoms with Crippen molar-refractivity contribution in [3.63, 3.8) is 0 Å². The summed E-state index contributed by atoms with van der Waals surface area (Å²) < 4.78 is 11.2. The van der Waals surface area contributed by atoms with Crippen LogP contribution in [0.25, 0.3) is 0 Å². The summed E-state index contributed by atoms with van der Waals surface area (Å²) in [6.07, 6.45) is 3.11. The van der Waals surface area contributed by atoms with E-state index in [2.05, 4.69) is 6.92 Å². The molecule has 24 heavy (non-hydrogen) atoms. The summed E-state index contributed by atoms with van der Waals surface area (Å²) in [6, 6.07) is 5.95. The average molecular weight is 337 g/mol. The van der Waals surface area contributed by atoms with Gasteiger partial charge in [0.1, 0.15) is 17.0 Å². The number of carboxylic acid groups (broad SMARTS) is 1. The first-order valence-electron chi connectivity index (χ1n) is 8.74. The Morgan fingerprint density at radius 3 is 2.12 bits per heavy atom. The second kappa shape index (κ2) is 9.52. The molecule has 0 saturated heterocycles. The molecule has 0 fully saturated rings. The first kappa shape index (κ1) is 20.3. The average Bonchev–Trinajstić information content (AvgIpc) is 2.51. The van der Waals surface area contributed by atoms with Gasteiger partial charge in [-0.25, -0.2) is 0 Å². The van der Waals surface area contributed by atoms with Crippen LogP contribution < -0.4 is 15.2 Å². The zero-order chi connectivity index (χ0) is 18.2. The molecule has 0 spiro atoms. The number of benzene rings is 1. The number of carbonyl (C=O) groups is 1. The zero-order valence-electron chi connectivity index (χ0n) is 15.3. The van der Waals surface area contributed by atoms with Crippen LogP contribution in [0.3, 0.4) is 0 Å². The maximum absolute atomic E-state index is 11.2. The van der Waals surface area contributed by atoms with Crippen LogP contribution in [0.2, 0.25) is 0 Å².